The number of fused-ring (bicyclic) bond motifs is 1. The summed E-state index contributed by atoms with van der Waals surface area (Å²) in [6, 6.07) is 7.79. The Hall–Kier alpha value is -2.97. The van der Waals surface area contributed by atoms with E-state index in [0.717, 1.165) is 12.0 Å². The second-order valence-electron chi connectivity index (χ2n) is 9.24. The van der Waals surface area contributed by atoms with Gasteiger partial charge in [0, 0.05) is 5.92 Å². The molecule has 34 heavy (non-hydrogen) atoms. The fourth-order valence-corrected chi connectivity index (χ4v) is 4.94. The molecule has 0 bridgehead atoms. The highest BCUT2D eigenvalue weighted by Crippen LogP contribution is 2.34. The van der Waals surface area contributed by atoms with E-state index < -0.39 is 30.5 Å². The van der Waals surface area contributed by atoms with E-state index in [4.69, 9.17) is 4.74 Å². The Morgan fingerprint density at radius 1 is 1.15 bits per heavy atom. The van der Waals surface area contributed by atoms with E-state index in [2.05, 4.69) is 28.1 Å². The summed E-state index contributed by atoms with van der Waals surface area (Å²) >= 11 is 0. The van der Waals surface area contributed by atoms with Gasteiger partial charge in [0.15, 0.2) is 0 Å². The molecule has 8 nitrogen and oxygen atoms in total. The molecule has 3 unspecified atom stereocenters. The van der Waals surface area contributed by atoms with Crippen LogP contribution in [-0.2, 0) is 19.1 Å². The zero-order chi connectivity index (χ0) is 24.2. The maximum Gasteiger partial charge on any atom is 0.250 e. The van der Waals surface area contributed by atoms with Crippen LogP contribution in [0.15, 0.2) is 54.6 Å². The van der Waals surface area contributed by atoms with Crippen molar-refractivity contribution in [2.24, 2.45) is 5.92 Å². The van der Waals surface area contributed by atoms with E-state index in [1.807, 2.05) is 42.5 Å². The van der Waals surface area contributed by atoms with E-state index in [9.17, 15) is 14.4 Å². The number of nitrogens with zero attached hydrogens (tertiary/aromatic N) is 1. The maximum atomic E-state index is 13.5. The minimum absolute atomic E-state index is 0.122. The van der Waals surface area contributed by atoms with Crippen molar-refractivity contribution in [2.75, 3.05) is 7.05 Å². The highest BCUT2D eigenvalue weighted by Gasteiger charge is 2.50. The third-order valence-electron chi connectivity index (χ3n) is 7.02. The van der Waals surface area contributed by atoms with Gasteiger partial charge in [-0.05, 0) is 45.7 Å². The molecule has 182 valence electrons. The van der Waals surface area contributed by atoms with Crippen LogP contribution in [0.1, 0.15) is 44.7 Å². The Kier molecular flexibility index (Phi) is 7.48. The molecule has 3 amide bonds. The molecule has 3 aliphatic rings. The molecule has 3 N–H and O–H groups in total. The lowest BCUT2D eigenvalue weighted by molar-refractivity contribution is -0.179. The monoisotopic (exact) mass is 466 g/mol. The Morgan fingerprint density at radius 2 is 1.91 bits per heavy atom. The van der Waals surface area contributed by atoms with Gasteiger partial charge in [-0.1, -0.05) is 54.6 Å². The Morgan fingerprint density at radius 3 is 2.59 bits per heavy atom. The Balaban J connectivity index is 1.51. The first-order valence-electron chi connectivity index (χ1n) is 12.0. The predicted octanol–water partition coefficient (Wildman–Crippen LogP) is 1.80. The second-order valence-corrected chi connectivity index (χ2v) is 9.24. The number of likely N-dealkylation sites (N-methyl/N-ethyl adjacent to an activating group) is 1. The van der Waals surface area contributed by atoms with Gasteiger partial charge >= 0.3 is 0 Å². The second kappa shape index (κ2) is 10.5. The highest BCUT2D eigenvalue weighted by molar-refractivity contribution is 5.94. The van der Waals surface area contributed by atoms with Gasteiger partial charge in [0.05, 0.1) is 18.2 Å². The van der Waals surface area contributed by atoms with Crippen LogP contribution >= 0.6 is 0 Å². The molecule has 1 aromatic carbocycles. The molecule has 2 heterocycles. The number of hydrogen-bond donors (Lipinski definition) is 3. The number of benzene rings is 1. The van der Waals surface area contributed by atoms with Crippen molar-refractivity contribution in [1.29, 1.82) is 0 Å². The smallest absolute Gasteiger partial charge is 0.250 e. The van der Waals surface area contributed by atoms with Crippen LogP contribution in [0.3, 0.4) is 0 Å². The van der Waals surface area contributed by atoms with Crippen molar-refractivity contribution in [3.8, 4) is 0 Å². The summed E-state index contributed by atoms with van der Waals surface area (Å²) in [6.07, 6.45) is 9.22. The molecule has 0 spiro atoms. The molecule has 4 rings (SSSR count). The van der Waals surface area contributed by atoms with Crippen molar-refractivity contribution in [2.45, 2.75) is 69.6 Å². The first-order chi connectivity index (χ1) is 16.4. The van der Waals surface area contributed by atoms with Crippen LogP contribution in [0.2, 0.25) is 0 Å². The molecule has 0 radical (unpaired) electrons. The molecule has 2 fully saturated rings. The molecule has 7 atom stereocenters. The van der Waals surface area contributed by atoms with Crippen molar-refractivity contribution in [3.63, 3.8) is 0 Å². The SMILES string of the molecule is CN[C@@H](C)C(=O)N[C@@H]1C(=O)N2C(C(=O)NC(c3ccccc3)C3C=CC=CC3)CC[C@@H]2O[C@@H]1C. The molecule has 8 heteroatoms. The summed E-state index contributed by atoms with van der Waals surface area (Å²) in [7, 11) is 1.68. The zero-order valence-corrected chi connectivity index (χ0v) is 19.9. The third kappa shape index (κ3) is 4.93. The van der Waals surface area contributed by atoms with Gasteiger partial charge in [-0.15, -0.1) is 0 Å². The number of allylic oxidation sites excluding steroid dienone is 3. The first kappa shape index (κ1) is 24.2. The molecule has 1 aliphatic carbocycles. The van der Waals surface area contributed by atoms with Crippen LogP contribution in [-0.4, -0.2) is 60.1 Å². The summed E-state index contributed by atoms with van der Waals surface area (Å²) in [6.45, 7) is 3.51. The van der Waals surface area contributed by atoms with E-state index in [-0.39, 0.29) is 29.7 Å². The Bertz CT molecular complexity index is 963. The van der Waals surface area contributed by atoms with E-state index >= 15 is 0 Å². The fraction of sp³-hybridized carbons (Fsp3) is 0.500. The number of nitrogens with one attached hydrogen (secondary N) is 3. The number of amides is 3. The van der Waals surface area contributed by atoms with Crippen LogP contribution in [0.4, 0.5) is 0 Å². The summed E-state index contributed by atoms with van der Waals surface area (Å²) < 4.78 is 6.06. The van der Waals surface area contributed by atoms with E-state index in [1.54, 1.807) is 20.9 Å². The van der Waals surface area contributed by atoms with Gasteiger partial charge in [-0.2, -0.15) is 0 Å². The summed E-state index contributed by atoms with van der Waals surface area (Å²) in [4.78, 5) is 40.9. The van der Waals surface area contributed by atoms with Gasteiger partial charge in [-0.25, -0.2) is 0 Å². The Labute approximate surface area is 200 Å². The molecule has 0 aromatic heterocycles. The quantitative estimate of drug-likeness (QED) is 0.569. The number of carbonyl (C=O) groups excluding carboxylic acids is 3. The summed E-state index contributed by atoms with van der Waals surface area (Å²) in [5, 5.41) is 8.89. The van der Waals surface area contributed by atoms with Gasteiger partial charge in [-0.3, -0.25) is 14.4 Å². The van der Waals surface area contributed by atoms with Crippen LogP contribution < -0.4 is 16.0 Å². The van der Waals surface area contributed by atoms with Crippen molar-refractivity contribution in [1.82, 2.24) is 20.9 Å². The van der Waals surface area contributed by atoms with Gasteiger partial charge in [0.25, 0.3) is 5.91 Å². The maximum absolute atomic E-state index is 13.5. The predicted molar refractivity (Wildman–Crippen MR) is 128 cm³/mol. The van der Waals surface area contributed by atoms with Gasteiger partial charge in [0.2, 0.25) is 11.8 Å². The highest BCUT2D eigenvalue weighted by atomic mass is 16.5. The fourth-order valence-electron chi connectivity index (χ4n) is 4.94. The standard InChI is InChI=1S/C26H34N4O4/c1-16(27-3)24(31)28-22-17(2)34-21-15-14-20(30(21)26(22)33)25(32)29-23(18-10-6-4-7-11-18)19-12-8-5-9-13-19/h4-12,16-17,19-23,27H,13-15H2,1-3H3,(H,28,31)(H,29,32)/t16-,17+,19?,20?,21-,22-,23?/m0/s1. The van der Waals surface area contributed by atoms with Crippen LogP contribution in [0.5, 0.6) is 0 Å². The third-order valence-corrected chi connectivity index (χ3v) is 7.02. The lowest BCUT2D eigenvalue weighted by atomic mass is 9.87. The summed E-state index contributed by atoms with van der Waals surface area (Å²) in [5.41, 5.74) is 1.02. The van der Waals surface area contributed by atoms with Crippen molar-refractivity contribution >= 4 is 17.7 Å². The first-order valence-corrected chi connectivity index (χ1v) is 12.0. The summed E-state index contributed by atoms with van der Waals surface area (Å²) in [5.74, 6) is -0.623. The minimum Gasteiger partial charge on any atom is -0.353 e. The number of ether oxygens (including phenoxy) is 1. The topological polar surface area (TPSA) is 99.8 Å². The molecule has 1 aromatic rings. The average Bonchev–Trinajstić information content (AvgIpc) is 3.29. The molecular formula is C26H34N4O4. The molecule has 2 aliphatic heterocycles. The lowest BCUT2D eigenvalue weighted by Crippen LogP contribution is -2.65. The lowest BCUT2D eigenvalue weighted by Gasteiger charge is -2.41. The minimum atomic E-state index is -0.829. The van der Waals surface area contributed by atoms with Crippen molar-refractivity contribution < 1.29 is 19.1 Å². The van der Waals surface area contributed by atoms with Gasteiger partial charge in [0.1, 0.15) is 18.3 Å². The molecule has 0 saturated carbocycles. The van der Waals surface area contributed by atoms with Gasteiger partial charge < -0.3 is 25.6 Å². The van der Waals surface area contributed by atoms with E-state index in [1.165, 1.54) is 4.90 Å². The largest absolute Gasteiger partial charge is 0.353 e. The number of hydrogen-bond acceptors (Lipinski definition) is 5. The van der Waals surface area contributed by atoms with Crippen LogP contribution in [0, 0.1) is 5.92 Å². The zero-order valence-electron chi connectivity index (χ0n) is 19.9. The number of carbonyl (C=O) groups is 3. The molecular weight excluding hydrogens is 432 g/mol. The average molecular weight is 467 g/mol. The molecule has 2 saturated heterocycles. The van der Waals surface area contributed by atoms with E-state index in [0.29, 0.717) is 12.8 Å². The normalized spacial score (nSPS) is 29.9. The van der Waals surface area contributed by atoms with Crippen molar-refractivity contribution in [3.05, 3.63) is 60.2 Å². The number of rotatable bonds is 7. The van der Waals surface area contributed by atoms with Crippen LogP contribution in [0.25, 0.3) is 0 Å².